The van der Waals surface area contributed by atoms with Crippen LogP contribution in [0.25, 0.3) is 0 Å². The molecule has 0 aliphatic carbocycles. The third-order valence-electron chi connectivity index (χ3n) is 3.64. The van der Waals surface area contributed by atoms with Crippen LogP contribution in [0, 0.1) is 5.92 Å². The minimum atomic E-state index is 0. The van der Waals surface area contributed by atoms with Crippen molar-refractivity contribution in [1.82, 2.24) is 10.6 Å². The Morgan fingerprint density at radius 2 is 2.14 bits per heavy atom. The molecule has 1 aromatic carbocycles. The summed E-state index contributed by atoms with van der Waals surface area (Å²) in [5.74, 6) is 2.77. The number of carbonyl (C=O) groups is 1. The lowest BCUT2D eigenvalue weighted by Crippen LogP contribution is -2.38. The minimum Gasteiger partial charge on any atom is -0.352 e. The second-order valence-corrected chi connectivity index (χ2v) is 6.53. The standard InChI is InChI=1S/C16H24N2OS.ClH/c1-2-20-12-13-5-7-15(8-6-13)16(19)18-11-14-4-3-9-17-10-14;/h5-8,14,17H,2-4,9-12H2,1H3,(H,18,19);1H. The van der Waals surface area contributed by atoms with Crippen molar-refractivity contribution in [3.8, 4) is 0 Å². The molecule has 0 bridgehead atoms. The Kier molecular flexibility index (Phi) is 8.81. The molecule has 5 heteroatoms. The summed E-state index contributed by atoms with van der Waals surface area (Å²) in [6, 6.07) is 7.97. The van der Waals surface area contributed by atoms with E-state index >= 15 is 0 Å². The predicted molar refractivity (Wildman–Crippen MR) is 93.5 cm³/mol. The van der Waals surface area contributed by atoms with Crippen molar-refractivity contribution in [2.75, 3.05) is 25.4 Å². The number of hydrogen-bond donors (Lipinski definition) is 2. The Balaban J connectivity index is 0.00000220. The van der Waals surface area contributed by atoms with Crippen LogP contribution < -0.4 is 10.6 Å². The Hall–Kier alpha value is -0.710. The van der Waals surface area contributed by atoms with Crippen LogP contribution in [-0.4, -0.2) is 31.3 Å². The van der Waals surface area contributed by atoms with Crippen molar-refractivity contribution < 1.29 is 4.79 Å². The highest BCUT2D eigenvalue weighted by atomic mass is 35.5. The second-order valence-electron chi connectivity index (χ2n) is 5.26. The summed E-state index contributed by atoms with van der Waals surface area (Å²) in [5, 5.41) is 6.42. The first-order valence-electron chi connectivity index (χ1n) is 7.45. The van der Waals surface area contributed by atoms with Crippen molar-refractivity contribution in [3.63, 3.8) is 0 Å². The molecule has 1 saturated heterocycles. The summed E-state index contributed by atoms with van der Waals surface area (Å²) in [7, 11) is 0. The van der Waals surface area contributed by atoms with E-state index in [9.17, 15) is 4.79 Å². The van der Waals surface area contributed by atoms with Crippen LogP contribution in [-0.2, 0) is 5.75 Å². The van der Waals surface area contributed by atoms with E-state index in [0.717, 1.165) is 36.7 Å². The third kappa shape index (κ3) is 6.29. The van der Waals surface area contributed by atoms with Crippen LogP contribution in [0.3, 0.4) is 0 Å². The van der Waals surface area contributed by atoms with Gasteiger partial charge in [-0.3, -0.25) is 4.79 Å². The fourth-order valence-corrected chi connectivity index (χ4v) is 3.04. The molecule has 1 unspecified atom stereocenters. The number of amides is 1. The molecule has 0 spiro atoms. The first kappa shape index (κ1) is 18.3. The average molecular weight is 329 g/mol. The monoisotopic (exact) mass is 328 g/mol. The van der Waals surface area contributed by atoms with Crippen molar-refractivity contribution in [3.05, 3.63) is 35.4 Å². The van der Waals surface area contributed by atoms with E-state index in [0.29, 0.717) is 5.92 Å². The highest BCUT2D eigenvalue weighted by Gasteiger charge is 2.14. The zero-order valence-electron chi connectivity index (χ0n) is 12.6. The molecule has 1 aliphatic heterocycles. The summed E-state index contributed by atoms with van der Waals surface area (Å²) in [6.45, 7) is 5.07. The smallest absolute Gasteiger partial charge is 0.251 e. The lowest BCUT2D eigenvalue weighted by molar-refractivity contribution is 0.0945. The minimum absolute atomic E-state index is 0. The van der Waals surface area contributed by atoms with Crippen LogP contribution in [0.4, 0.5) is 0 Å². The van der Waals surface area contributed by atoms with Gasteiger partial charge in [-0.2, -0.15) is 11.8 Å². The van der Waals surface area contributed by atoms with E-state index in [-0.39, 0.29) is 18.3 Å². The Labute approximate surface area is 138 Å². The van der Waals surface area contributed by atoms with Gasteiger partial charge in [0.05, 0.1) is 0 Å². The summed E-state index contributed by atoms with van der Waals surface area (Å²) in [4.78, 5) is 12.1. The molecule has 2 N–H and O–H groups in total. The van der Waals surface area contributed by atoms with Gasteiger partial charge in [-0.15, -0.1) is 12.4 Å². The lowest BCUT2D eigenvalue weighted by atomic mass is 9.99. The van der Waals surface area contributed by atoms with Crippen LogP contribution in [0.5, 0.6) is 0 Å². The van der Waals surface area contributed by atoms with E-state index < -0.39 is 0 Å². The Morgan fingerprint density at radius 3 is 2.76 bits per heavy atom. The van der Waals surface area contributed by atoms with Gasteiger partial charge in [-0.1, -0.05) is 19.1 Å². The molecule has 1 atom stereocenters. The summed E-state index contributed by atoms with van der Waals surface area (Å²) in [5.41, 5.74) is 2.05. The fraction of sp³-hybridized carbons (Fsp3) is 0.562. The van der Waals surface area contributed by atoms with Gasteiger partial charge in [-0.05, 0) is 55.3 Å². The van der Waals surface area contributed by atoms with Crippen molar-refractivity contribution in [2.24, 2.45) is 5.92 Å². The first-order chi connectivity index (χ1) is 9.79. The molecule has 1 amide bonds. The molecule has 118 valence electrons. The van der Waals surface area contributed by atoms with Crippen LogP contribution in [0.1, 0.15) is 35.7 Å². The van der Waals surface area contributed by atoms with Gasteiger partial charge >= 0.3 is 0 Å². The van der Waals surface area contributed by atoms with E-state index in [1.165, 1.54) is 18.4 Å². The molecule has 1 fully saturated rings. The maximum absolute atomic E-state index is 12.1. The topological polar surface area (TPSA) is 41.1 Å². The number of rotatable bonds is 6. The molecule has 21 heavy (non-hydrogen) atoms. The zero-order chi connectivity index (χ0) is 14.2. The second kappa shape index (κ2) is 10.1. The quantitative estimate of drug-likeness (QED) is 0.843. The fourth-order valence-electron chi connectivity index (χ4n) is 2.41. The van der Waals surface area contributed by atoms with E-state index in [2.05, 4.69) is 29.7 Å². The van der Waals surface area contributed by atoms with E-state index in [1.54, 1.807) is 0 Å². The summed E-state index contributed by atoms with van der Waals surface area (Å²) in [6.07, 6.45) is 2.42. The van der Waals surface area contributed by atoms with Crippen LogP contribution in [0.15, 0.2) is 24.3 Å². The van der Waals surface area contributed by atoms with Crippen molar-refractivity contribution in [1.29, 1.82) is 0 Å². The molecule has 0 radical (unpaired) electrons. The van der Waals surface area contributed by atoms with E-state index in [4.69, 9.17) is 0 Å². The highest BCUT2D eigenvalue weighted by Crippen LogP contribution is 2.13. The molecule has 1 aliphatic rings. The van der Waals surface area contributed by atoms with Gasteiger partial charge in [0.2, 0.25) is 0 Å². The van der Waals surface area contributed by atoms with Gasteiger partial charge in [-0.25, -0.2) is 0 Å². The van der Waals surface area contributed by atoms with E-state index in [1.807, 2.05) is 23.9 Å². The molecule has 2 rings (SSSR count). The molecule has 3 nitrogen and oxygen atoms in total. The number of thioether (sulfide) groups is 1. The number of carbonyl (C=O) groups excluding carboxylic acids is 1. The zero-order valence-corrected chi connectivity index (χ0v) is 14.2. The van der Waals surface area contributed by atoms with Crippen molar-refractivity contribution in [2.45, 2.75) is 25.5 Å². The number of nitrogens with one attached hydrogen (secondary N) is 2. The van der Waals surface area contributed by atoms with Gasteiger partial charge in [0, 0.05) is 17.9 Å². The molecule has 1 heterocycles. The SMILES string of the molecule is CCSCc1ccc(C(=O)NCC2CCCNC2)cc1.Cl. The average Bonchev–Trinajstić information content (AvgIpc) is 2.52. The van der Waals surface area contributed by atoms with Gasteiger partial charge in [0.1, 0.15) is 0 Å². The summed E-state index contributed by atoms with van der Waals surface area (Å²) >= 11 is 1.90. The van der Waals surface area contributed by atoms with Crippen LogP contribution >= 0.6 is 24.2 Å². The first-order valence-corrected chi connectivity index (χ1v) is 8.60. The molecule has 1 aromatic rings. The van der Waals surface area contributed by atoms with Crippen LogP contribution in [0.2, 0.25) is 0 Å². The number of benzene rings is 1. The number of hydrogen-bond acceptors (Lipinski definition) is 3. The maximum atomic E-state index is 12.1. The van der Waals surface area contributed by atoms with Gasteiger partial charge in [0.15, 0.2) is 0 Å². The maximum Gasteiger partial charge on any atom is 0.251 e. The molecular weight excluding hydrogens is 304 g/mol. The molecular formula is C16H25ClN2OS. The summed E-state index contributed by atoms with van der Waals surface area (Å²) < 4.78 is 0. The third-order valence-corrected chi connectivity index (χ3v) is 4.58. The van der Waals surface area contributed by atoms with Crippen molar-refractivity contribution >= 4 is 30.1 Å². The number of piperidine rings is 1. The number of halogens is 1. The highest BCUT2D eigenvalue weighted by molar-refractivity contribution is 7.98. The predicted octanol–water partition coefficient (Wildman–Crippen LogP) is 3.09. The lowest BCUT2D eigenvalue weighted by Gasteiger charge is -2.22. The van der Waals surface area contributed by atoms with Gasteiger partial charge in [0.25, 0.3) is 5.91 Å². The Bertz CT molecular complexity index is 419. The normalized spacial score (nSPS) is 17.9. The largest absolute Gasteiger partial charge is 0.352 e. The molecule has 0 aromatic heterocycles. The van der Waals surface area contributed by atoms with Gasteiger partial charge < -0.3 is 10.6 Å². The Morgan fingerprint density at radius 1 is 1.38 bits per heavy atom. The molecule has 0 saturated carbocycles.